The molecule has 3 N–H and O–H groups in total. The molecule has 8 heteroatoms. The lowest BCUT2D eigenvalue weighted by molar-refractivity contribution is 0.0950. The molecule has 192 valence electrons. The maximum absolute atomic E-state index is 13.3. The third-order valence-corrected chi connectivity index (χ3v) is 7.34. The maximum atomic E-state index is 13.3. The van der Waals surface area contributed by atoms with E-state index in [9.17, 15) is 9.59 Å². The number of nitrogens with one attached hydrogen (secondary N) is 3. The van der Waals surface area contributed by atoms with Gasteiger partial charge in [-0.25, -0.2) is 0 Å². The number of hydrogen-bond donors (Lipinski definition) is 3. The molecule has 0 atom stereocenters. The summed E-state index contributed by atoms with van der Waals surface area (Å²) in [4.78, 5) is 33.8. The van der Waals surface area contributed by atoms with E-state index in [0.29, 0.717) is 40.6 Å². The predicted octanol–water partition coefficient (Wildman–Crippen LogP) is 4.71. The number of anilines is 2. The van der Waals surface area contributed by atoms with Crippen LogP contribution in [0, 0.1) is 13.8 Å². The number of halogens is 1. The minimum Gasteiger partial charge on any atom is -0.372 e. The van der Waals surface area contributed by atoms with Crippen molar-refractivity contribution < 1.29 is 4.79 Å². The molecule has 0 aliphatic heterocycles. The second-order valence-corrected chi connectivity index (χ2v) is 10.1. The summed E-state index contributed by atoms with van der Waals surface area (Å²) in [5.74, 6) is 0.410. The van der Waals surface area contributed by atoms with Gasteiger partial charge in [0.05, 0.1) is 12.1 Å². The summed E-state index contributed by atoms with van der Waals surface area (Å²) in [6.45, 7) is 9.59. The largest absolute Gasteiger partial charge is 0.372 e. The van der Waals surface area contributed by atoms with Gasteiger partial charge in [-0.2, -0.15) is 0 Å². The lowest BCUT2D eigenvalue weighted by atomic mass is 9.89. The third kappa shape index (κ3) is 6.39. The van der Waals surface area contributed by atoms with Gasteiger partial charge in [0.25, 0.3) is 5.91 Å². The van der Waals surface area contributed by atoms with Crippen LogP contribution >= 0.6 is 11.6 Å². The monoisotopic (exact) mass is 501 g/mol. The highest BCUT2D eigenvalue weighted by atomic mass is 35.5. The van der Waals surface area contributed by atoms with Crippen LogP contribution in [0.1, 0.15) is 66.7 Å². The Morgan fingerprint density at radius 2 is 1.74 bits per heavy atom. The van der Waals surface area contributed by atoms with Crippen molar-refractivity contribution in [1.82, 2.24) is 15.2 Å². The number of pyridine rings is 1. The Morgan fingerprint density at radius 1 is 1.09 bits per heavy atom. The second kappa shape index (κ2) is 12.0. The smallest absolute Gasteiger partial charge is 0.251 e. The molecule has 1 aliphatic rings. The van der Waals surface area contributed by atoms with Gasteiger partial charge in [-0.3, -0.25) is 9.59 Å². The number of aromatic amines is 1. The molecular weight excluding hydrogens is 462 g/mol. The zero-order valence-corrected chi connectivity index (χ0v) is 22.7. The van der Waals surface area contributed by atoms with E-state index in [0.717, 1.165) is 36.3 Å². The van der Waals surface area contributed by atoms with Crippen LogP contribution in [-0.2, 0) is 6.54 Å². The fourth-order valence-corrected chi connectivity index (χ4v) is 5.41. The molecule has 0 spiro atoms. The normalized spacial score (nSPS) is 17.9. The van der Waals surface area contributed by atoms with Crippen molar-refractivity contribution in [3.8, 4) is 0 Å². The molecule has 0 unspecified atom stereocenters. The number of amides is 1. The van der Waals surface area contributed by atoms with Gasteiger partial charge in [0.15, 0.2) is 5.43 Å². The average molecular weight is 502 g/mol. The third-order valence-electron chi connectivity index (χ3n) is 7.13. The SMILES string of the molecule is CCNc1[nH]c(C)cc(=O)c1CNC(=O)c1cc(Cl)cc(N(CC)C2CCC(N(C)C)CC2)c1C. The molecular formula is C27H40ClN5O2. The predicted molar refractivity (Wildman–Crippen MR) is 146 cm³/mol. The molecule has 1 heterocycles. The van der Waals surface area contributed by atoms with Crippen LogP contribution in [0.5, 0.6) is 0 Å². The van der Waals surface area contributed by atoms with Gasteiger partial charge in [-0.15, -0.1) is 0 Å². The lowest BCUT2D eigenvalue weighted by Crippen LogP contribution is -2.42. The first-order chi connectivity index (χ1) is 16.7. The molecule has 1 aromatic carbocycles. The second-order valence-electron chi connectivity index (χ2n) is 9.69. The Balaban J connectivity index is 1.82. The maximum Gasteiger partial charge on any atom is 0.251 e. The minimum atomic E-state index is -0.235. The Labute approximate surface area is 214 Å². The molecule has 3 rings (SSSR count). The molecule has 1 saturated carbocycles. The van der Waals surface area contributed by atoms with Gasteiger partial charge < -0.3 is 25.4 Å². The minimum absolute atomic E-state index is 0.105. The van der Waals surface area contributed by atoms with E-state index in [2.05, 4.69) is 46.4 Å². The first-order valence-electron chi connectivity index (χ1n) is 12.6. The van der Waals surface area contributed by atoms with E-state index < -0.39 is 0 Å². The Kier molecular flexibility index (Phi) is 9.25. The van der Waals surface area contributed by atoms with Crippen molar-refractivity contribution in [1.29, 1.82) is 0 Å². The quantitative estimate of drug-likeness (QED) is 0.464. The van der Waals surface area contributed by atoms with E-state index in [1.54, 1.807) is 12.1 Å². The van der Waals surface area contributed by atoms with Crippen LogP contribution in [0.2, 0.25) is 5.02 Å². The van der Waals surface area contributed by atoms with Crippen LogP contribution in [0.25, 0.3) is 0 Å². The summed E-state index contributed by atoms with van der Waals surface area (Å²) in [5.41, 5.74) is 3.65. The molecule has 2 aromatic rings. The van der Waals surface area contributed by atoms with Crippen molar-refractivity contribution in [2.45, 2.75) is 72.0 Å². The summed E-state index contributed by atoms with van der Waals surface area (Å²) in [6.07, 6.45) is 4.57. The highest BCUT2D eigenvalue weighted by Crippen LogP contribution is 2.34. The molecule has 0 bridgehead atoms. The highest BCUT2D eigenvalue weighted by Gasteiger charge is 2.28. The van der Waals surface area contributed by atoms with Crippen molar-refractivity contribution in [2.75, 3.05) is 37.4 Å². The first kappa shape index (κ1) is 27.1. The number of hydrogen-bond acceptors (Lipinski definition) is 5. The number of carbonyl (C=O) groups excluding carboxylic acids is 1. The van der Waals surface area contributed by atoms with Crippen LogP contribution in [0.15, 0.2) is 23.0 Å². The van der Waals surface area contributed by atoms with Gasteiger partial charge in [0.1, 0.15) is 5.82 Å². The number of rotatable bonds is 9. The zero-order chi connectivity index (χ0) is 25.7. The fraction of sp³-hybridized carbons (Fsp3) is 0.556. The Bertz CT molecular complexity index is 1090. The summed E-state index contributed by atoms with van der Waals surface area (Å²) >= 11 is 6.52. The highest BCUT2D eigenvalue weighted by molar-refractivity contribution is 6.31. The van der Waals surface area contributed by atoms with E-state index in [4.69, 9.17) is 11.6 Å². The van der Waals surface area contributed by atoms with Crippen LogP contribution in [-0.4, -0.2) is 55.1 Å². The Morgan fingerprint density at radius 3 is 2.34 bits per heavy atom. The lowest BCUT2D eigenvalue weighted by Gasteiger charge is -2.40. The van der Waals surface area contributed by atoms with Crippen LogP contribution < -0.4 is 21.0 Å². The molecule has 1 amide bonds. The average Bonchev–Trinajstić information content (AvgIpc) is 2.81. The van der Waals surface area contributed by atoms with E-state index >= 15 is 0 Å². The first-order valence-corrected chi connectivity index (χ1v) is 13.0. The summed E-state index contributed by atoms with van der Waals surface area (Å²) in [7, 11) is 4.31. The van der Waals surface area contributed by atoms with Crippen molar-refractivity contribution in [3.63, 3.8) is 0 Å². The molecule has 7 nitrogen and oxygen atoms in total. The van der Waals surface area contributed by atoms with Crippen molar-refractivity contribution >= 4 is 29.0 Å². The Hall–Kier alpha value is -2.51. The number of aryl methyl sites for hydroxylation is 1. The molecule has 0 radical (unpaired) electrons. The van der Waals surface area contributed by atoms with Gasteiger partial charge in [-0.05, 0) is 85.2 Å². The number of carbonyl (C=O) groups is 1. The van der Waals surface area contributed by atoms with Gasteiger partial charge in [0.2, 0.25) is 0 Å². The van der Waals surface area contributed by atoms with E-state index in [-0.39, 0.29) is 17.9 Å². The number of H-pyrrole nitrogens is 1. The topological polar surface area (TPSA) is 80.5 Å². The van der Waals surface area contributed by atoms with Crippen LogP contribution in [0.4, 0.5) is 11.5 Å². The molecule has 1 aliphatic carbocycles. The molecule has 0 saturated heterocycles. The van der Waals surface area contributed by atoms with Gasteiger partial charge in [0, 0.05) is 53.2 Å². The fourth-order valence-electron chi connectivity index (χ4n) is 5.19. The van der Waals surface area contributed by atoms with E-state index in [1.807, 2.05) is 26.8 Å². The molecule has 35 heavy (non-hydrogen) atoms. The molecule has 1 aromatic heterocycles. The zero-order valence-electron chi connectivity index (χ0n) is 21.9. The standard InChI is InChI=1S/C27H40ClN5O2/c1-7-29-26-23(25(34)13-17(3)31-26)16-30-27(35)22-14-19(28)15-24(18(22)4)33(8-2)21-11-9-20(10-12-21)32(5)6/h13-15,20-21H,7-12,16H2,1-6H3,(H,30,35)(H2,29,31,34). The number of benzene rings is 1. The van der Waals surface area contributed by atoms with Crippen molar-refractivity contribution in [3.05, 3.63) is 55.8 Å². The van der Waals surface area contributed by atoms with Gasteiger partial charge in [-0.1, -0.05) is 11.6 Å². The summed E-state index contributed by atoms with van der Waals surface area (Å²) < 4.78 is 0. The number of aromatic nitrogens is 1. The summed E-state index contributed by atoms with van der Waals surface area (Å²) in [6, 6.07) is 6.30. The molecule has 1 fully saturated rings. The van der Waals surface area contributed by atoms with Crippen molar-refractivity contribution in [2.24, 2.45) is 0 Å². The van der Waals surface area contributed by atoms with Crippen LogP contribution in [0.3, 0.4) is 0 Å². The summed E-state index contributed by atoms with van der Waals surface area (Å²) in [5, 5.41) is 6.66. The van der Waals surface area contributed by atoms with E-state index in [1.165, 1.54) is 12.8 Å². The number of nitrogens with zero attached hydrogens (tertiary/aromatic N) is 2. The van der Waals surface area contributed by atoms with Gasteiger partial charge >= 0.3 is 0 Å².